The number of benzene rings is 1. The van der Waals surface area contributed by atoms with Crippen LogP contribution in [0.25, 0.3) is 0 Å². The standard InChI is InChI=1S/C13H8ClF9N2O2/c14-7-8(26)25(6-4-2-1-3-5-6)24-9(7,27)10(15,16)11(17,18)12(19,20)13(21,22)23/h1-5,7,24,27H. The molecule has 27 heavy (non-hydrogen) atoms. The maximum absolute atomic E-state index is 14.1. The molecule has 14 heteroatoms. The van der Waals surface area contributed by atoms with Crippen LogP contribution in [0.4, 0.5) is 45.2 Å². The lowest BCUT2D eigenvalue weighted by Crippen LogP contribution is -2.74. The molecule has 1 aromatic rings. The fraction of sp³-hybridized carbons (Fsp3) is 0.462. The summed E-state index contributed by atoms with van der Waals surface area (Å²) in [5, 5.41) is 6.83. The molecule has 0 spiro atoms. The molecule has 1 amide bonds. The topological polar surface area (TPSA) is 52.6 Å². The summed E-state index contributed by atoms with van der Waals surface area (Å²) in [6.45, 7) is 0. The predicted octanol–water partition coefficient (Wildman–Crippen LogP) is 3.30. The van der Waals surface area contributed by atoms with Crippen LogP contribution < -0.4 is 10.4 Å². The van der Waals surface area contributed by atoms with Gasteiger partial charge in [0.25, 0.3) is 5.91 Å². The molecule has 1 saturated heterocycles. The van der Waals surface area contributed by atoms with E-state index in [9.17, 15) is 49.4 Å². The van der Waals surface area contributed by atoms with Gasteiger partial charge in [-0.25, -0.2) is 5.01 Å². The molecule has 1 fully saturated rings. The Labute approximate surface area is 149 Å². The molecule has 2 atom stereocenters. The number of carbonyl (C=O) groups excluding carboxylic acids is 1. The lowest BCUT2D eigenvalue weighted by Gasteiger charge is -2.41. The molecule has 1 heterocycles. The number of hydrogen-bond donors (Lipinski definition) is 2. The molecule has 2 rings (SSSR count). The first-order valence-corrected chi connectivity index (χ1v) is 7.19. The van der Waals surface area contributed by atoms with Gasteiger partial charge in [0.2, 0.25) is 5.72 Å². The van der Waals surface area contributed by atoms with Crippen LogP contribution in [0.1, 0.15) is 0 Å². The summed E-state index contributed by atoms with van der Waals surface area (Å²) in [6.07, 6.45) is -7.08. The van der Waals surface area contributed by atoms with Crippen molar-refractivity contribution < 1.29 is 49.4 Å². The lowest BCUT2D eigenvalue weighted by atomic mass is 9.92. The third kappa shape index (κ3) is 2.83. The number of halogens is 10. The molecule has 1 aromatic carbocycles. The number of nitrogens with one attached hydrogen (secondary N) is 1. The lowest BCUT2D eigenvalue weighted by molar-refractivity contribution is -0.417. The first-order valence-electron chi connectivity index (χ1n) is 6.76. The highest BCUT2D eigenvalue weighted by atomic mass is 35.5. The minimum atomic E-state index is -7.25. The van der Waals surface area contributed by atoms with E-state index < -0.39 is 41.0 Å². The minimum Gasteiger partial charge on any atom is -0.367 e. The average molecular weight is 431 g/mol. The van der Waals surface area contributed by atoms with Gasteiger partial charge in [-0.05, 0) is 12.1 Å². The molecule has 2 unspecified atom stereocenters. The van der Waals surface area contributed by atoms with Gasteiger partial charge in [-0.3, -0.25) is 4.79 Å². The van der Waals surface area contributed by atoms with Gasteiger partial charge in [0.15, 0.2) is 5.38 Å². The zero-order chi connectivity index (χ0) is 21.1. The normalized spacial score (nSPS) is 25.2. The second-order valence-corrected chi connectivity index (χ2v) is 5.91. The van der Waals surface area contributed by atoms with Crippen LogP contribution in [-0.4, -0.2) is 46.1 Å². The van der Waals surface area contributed by atoms with Crippen LogP contribution in [0.15, 0.2) is 30.3 Å². The number of hydrogen-bond acceptors (Lipinski definition) is 3. The fourth-order valence-corrected chi connectivity index (χ4v) is 2.47. The Kier molecular flexibility index (Phi) is 4.90. The van der Waals surface area contributed by atoms with E-state index in [2.05, 4.69) is 0 Å². The zero-order valence-electron chi connectivity index (χ0n) is 12.5. The molecule has 0 saturated carbocycles. The fourth-order valence-electron chi connectivity index (χ4n) is 2.19. The Morgan fingerprint density at radius 3 is 1.89 bits per heavy atom. The van der Waals surface area contributed by atoms with Crippen LogP contribution in [0.2, 0.25) is 0 Å². The Morgan fingerprint density at radius 1 is 0.963 bits per heavy atom. The summed E-state index contributed by atoms with van der Waals surface area (Å²) in [5.74, 6) is -22.6. The van der Waals surface area contributed by atoms with E-state index >= 15 is 0 Å². The van der Waals surface area contributed by atoms with Crippen LogP contribution in [0, 0.1) is 0 Å². The van der Waals surface area contributed by atoms with Crippen molar-refractivity contribution in [2.24, 2.45) is 0 Å². The summed E-state index contributed by atoms with van der Waals surface area (Å²) < 4.78 is 118. The Hall–Kier alpha value is -1.73. The average Bonchev–Trinajstić information content (AvgIpc) is 2.80. The van der Waals surface area contributed by atoms with E-state index in [1.807, 2.05) is 0 Å². The van der Waals surface area contributed by atoms with E-state index in [0.717, 1.165) is 17.6 Å². The van der Waals surface area contributed by atoms with Crippen molar-refractivity contribution >= 4 is 23.2 Å². The van der Waals surface area contributed by atoms with E-state index in [-0.39, 0.29) is 10.7 Å². The monoisotopic (exact) mass is 430 g/mol. The van der Waals surface area contributed by atoms with Crippen LogP contribution in [0.3, 0.4) is 0 Å². The number of hydrazine groups is 1. The molecule has 0 radical (unpaired) electrons. The smallest absolute Gasteiger partial charge is 0.367 e. The van der Waals surface area contributed by atoms with Gasteiger partial charge in [0, 0.05) is 0 Å². The molecular weight excluding hydrogens is 423 g/mol. The van der Waals surface area contributed by atoms with Crippen molar-refractivity contribution in [3.63, 3.8) is 0 Å². The first kappa shape index (κ1) is 21.6. The third-order valence-electron chi connectivity index (χ3n) is 3.72. The third-order valence-corrected chi connectivity index (χ3v) is 4.23. The number of anilines is 1. The molecule has 0 aliphatic carbocycles. The largest absolute Gasteiger partial charge is 0.460 e. The number of nitrogens with zero attached hydrogens (tertiary/aromatic N) is 1. The molecule has 0 aromatic heterocycles. The second kappa shape index (κ2) is 6.14. The number of para-hydroxylation sites is 1. The Balaban J connectivity index is 2.53. The van der Waals surface area contributed by atoms with Crippen molar-refractivity contribution in [3.8, 4) is 0 Å². The van der Waals surface area contributed by atoms with Gasteiger partial charge < -0.3 is 5.11 Å². The maximum atomic E-state index is 14.1. The van der Waals surface area contributed by atoms with Gasteiger partial charge in [0.1, 0.15) is 0 Å². The van der Waals surface area contributed by atoms with Gasteiger partial charge in [-0.2, -0.15) is 44.9 Å². The number of rotatable bonds is 4. The molecule has 152 valence electrons. The number of aliphatic hydroxyl groups is 1. The maximum Gasteiger partial charge on any atom is 0.460 e. The predicted molar refractivity (Wildman–Crippen MR) is 72.6 cm³/mol. The summed E-state index contributed by atoms with van der Waals surface area (Å²) in [6, 6.07) is 5.99. The highest BCUT2D eigenvalue weighted by molar-refractivity contribution is 6.34. The number of carbonyl (C=O) groups is 1. The van der Waals surface area contributed by atoms with Gasteiger partial charge in [-0.15, -0.1) is 11.6 Å². The van der Waals surface area contributed by atoms with Crippen molar-refractivity contribution in [1.29, 1.82) is 0 Å². The minimum absolute atomic E-state index is 0.0351. The van der Waals surface area contributed by atoms with E-state index in [1.54, 1.807) is 0 Å². The summed E-state index contributed by atoms with van der Waals surface area (Å²) in [7, 11) is 0. The van der Waals surface area contributed by atoms with Gasteiger partial charge in [-0.1, -0.05) is 18.2 Å². The van der Waals surface area contributed by atoms with E-state index in [4.69, 9.17) is 11.6 Å². The highest BCUT2D eigenvalue weighted by Crippen LogP contribution is 2.57. The Morgan fingerprint density at radius 2 is 1.44 bits per heavy atom. The molecule has 1 aliphatic rings. The quantitative estimate of drug-likeness (QED) is 0.569. The molecule has 2 N–H and O–H groups in total. The molecular formula is C13H8ClF9N2O2. The first-order chi connectivity index (χ1) is 12.0. The highest BCUT2D eigenvalue weighted by Gasteiger charge is 2.88. The van der Waals surface area contributed by atoms with Crippen LogP contribution in [0.5, 0.6) is 0 Å². The van der Waals surface area contributed by atoms with E-state index in [1.165, 1.54) is 18.2 Å². The van der Waals surface area contributed by atoms with Gasteiger partial charge in [0.05, 0.1) is 5.69 Å². The zero-order valence-corrected chi connectivity index (χ0v) is 13.3. The Bertz CT molecular complexity index is 728. The number of alkyl halides is 10. The van der Waals surface area contributed by atoms with Crippen molar-refractivity contribution in [1.82, 2.24) is 5.43 Å². The van der Waals surface area contributed by atoms with E-state index in [0.29, 0.717) is 0 Å². The summed E-state index contributed by atoms with van der Waals surface area (Å²) in [4.78, 5) is 11.9. The van der Waals surface area contributed by atoms with Crippen molar-refractivity contribution in [3.05, 3.63) is 30.3 Å². The summed E-state index contributed by atoms with van der Waals surface area (Å²) >= 11 is 5.23. The van der Waals surface area contributed by atoms with Gasteiger partial charge >= 0.3 is 23.9 Å². The molecule has 4 nitrogen and oxygen atoms in total. The second-order valence-electron chi connectivity index (χ2n) is 5.47. The SMILES string of the molecule is O=C1C(Cl)C(O)(C(F)(F)C(F)(F)C(F)(F)C(F)(F)F)NN1c1ccccc1. The molecule has 0 bridgehead atoms. The van der Waals surface area contributed by atoms with Crippen molar-refractivity contribution in [2.45, 2.75) is 35.0 Å². The van der Waals surface area contributed by atoms with Crippen LogP contribution in [-0.2, 0) is 4.79 Å². The molecule has 1 aliphatic heterocycles. The summed E-state index contributed by atoms with van der Waals surface area (Å²) in [5.41, 5.74) is -3.87. The number of amides is 1. The van der Waals surface area contributed by atoms with Crippen LogP contribution >= 0.6 is 11.6 Å². The van der Waals surface area contributed by atoms with Crippen molar-refractivity contribution in [2.75, 3.05) is 5.01 Å².